The number of rotatable bonds is 7. The maximum Gasteiger partial charge on any atom is 0.416 e. The number of anilines is 2. The summed E-state index contributed by atoms with van der Waals surface area (Å²) in [4.78, 5) is 9.10. The minimum atomic E-state index is -4.40. The highest BCUT2D eigenvalue weighted by molar-refractivity contribution is 7.80. The smallest absolute Gasteiger partial charge is 0.396 e. The topological polar surface area (TPSA) is 96.1 Å². The van der Waals surface area contributed by atoms with Gasteiger partial charge in [0.05, 0.1) is 16.8 Å². The fourth-order valence-corrected chi connectivity index (χ4v) is 4.50. The number of alkyl halides is 3. The molecule has 3 rings (SSSR count). The average molecular weight is 468 g/mol. The zero-order valence-electron chi connectivity index (χ0n) is 18.3. The van der Waals surface area contributed by atoms with Crippen LogP contribution in [0.2, 0.25) is 0 Å². The van der Waals surface area contributed by atoms with Crippen LogP contribution in [0.5, 0.6) is 0 Å². The Bertz CT molecular complexity index is 1000. The third-order valence-corrected chi connectivity index (χ3v) is 6.63. The van der Waals surface area contributed by atoms with Crippen LogP contribution in [-0.4, -0.2) is 32.2 Å². The molecule has 3 atom stereocenters. The molecule has 1 saturated carbocycles. The van der Waals surface area contributed by atoms with Gasteiger partial charge < -0.3 is 21.5 Å². The monoisotopic (exact) mass is 467 g/mol. The Morgan fingerprint density at radius 2 is 2.06 bits per heavy atom. The molecule has 0 saturated heterocycles. The van der Waals surface area contributed by atoms with E-state index in [1.54, 1.807) is 13.0 Å². The molecule has 32 heavy (non-hydrogen) atoms. The van der Waals surface area contributed by atoms with E-state index in [1.165, 1.54) is 6.07 Å². The SMILES string of the molecule is Cc1nc(NCc2cccc(C(F)(F)F)c2)nc(NC2(C)CCC(CO)C2C)c1C(N)=S. The van der Waals surface area contributed by atoms with Gasteiger partial charge in [0.1, 0.15) is 10.8 Å². The van der Waals surface area contributed by atoms with Crippen LogP contribution in [0.4, 0.5) is 24.9 Å². The summed E-state index contributed by atoms with van der Waals surface area (Å²) < 4.78 is 38.9. The van der Waals surface area contributed by atoms with E-state index in [4.69, 9.17) is 18.0 Å². The van der Waals surface area contributed by atoms with Crippen LogP contribution >= 0.6 is 12.2 Å². The molecule has 174 valence electrons. The van der Waals surface area contributed by atoms with E-state index in [1.807, 2.05) is 0 Å². The van der Waals surface area contributed by atoms with Gasteiger partial charge in [-0.15, -0.1) is 0 Å². The van der Waals surface area contributed by atoms with Crippen molar-refractivity contribution < 1.29 is 18.3 Å². The van der Waals surface area contributed by atoms with Crippen LogP contribution < -0.4 is 16.4 Å². The van der Waals surface area contributed by atoms with Gasteiger partial charge in [-0.2, -0.15) is 18.2 Å². The van der Waals surface area contributed by atoms with Gasteiger partial charge in [-0.25, -0.2) is 4.98 Å². The van der Waals surface area contributed by atoms with Gasteiger partial charge in [-0.05, 0) is 56.2 Å². The van der Waals surface area contributed by atoms with Gasteiger partial charge in [0.15, 0.2) is 0 Å². The molecule has 1 heterocycles. The Kier molecular flexibility index (Phi) is 6.94. The average Bonchev–Trinajstić information content (AvgIpc) is 2.99. The molecule has 1 aliphatic carbocycles. The summed E-state index contributed by atoms with van der Waals surface area (Å²) in [5.74, 6) is 1.10. The zero-order chi connectivity index (χ0) is 23.7. The molecule has 0 radical (unpaired) electrons. The standard InChI is InChI=1S/C22H28F3N5OS/c1-12-15(11-31)7-8-21(12,3)30-19-17(18(26)32)13(2)28-20(29-19)27-10-14-5-4-6-16(9-14)22(23,24)25/h4-6,9,12,15,31H,7-8,10-11H2,1-3H3,(H2,26,32)(H2,27,28,29,30). The summed E-state index contributed by atoms with van der Waals surface area (Å²) in [6.07, 6.45) is -2.68. The highest BCUT2D eigenvalue weighted by atomic mass is 32.1. The first-order valence-electron chi connectivity index (χ1n) is 10.4. The molecule has 3 unspecified atom stereocenters. The number of nitrogens with one attached hydrogen (secondary N) is 2. The van der Waals surface area contributed by atoms with Gasteiger partial charge >= 0.3 is 6.18 Å². The van der Waals surface area contributed by atoms with Gasteiger partial charge in [0.2, 0.25) is 5.95 Å². The number of nitrogens with two attached hydrogens (primary N) is 1. The molecule has 6 nitrogen and oxygen atoms in total. The summed E-state index contributed by atoms with van der Waals surface area (Å²) in [6, 6.07) is 5.10. The maximum atomic E-state index is 13.0. The predicted molar refractivity (Wildman–Crippen MR) is 122 cm³/mol. The highest BCUT2D eigenvalue weighted by Crippen LogP contribution is 2.42. The minimum absolute atomic E-state index is 0.118. The fraction of sp³-hybridized carbons (Fsp3) is 0.500. The Balaban J connectivity index is 1.86. The first kappa shape index (κ1) is 24.2. The largest absolute Gasteiger partial charge is 0.416 e. The summed E-state index contributed by atoms with van der Waals surface area (Å²) >= 11 is 5.21. The predicted octanol–water partition coefficient (Wildman–Crippen LogP) is 4.26. The maximum absolute atomic E-state index is 13.0. The summed E-state index contributed by atoms with van der Waals surface area (Å²) in [5.41, 5.74) is 6.46. The van der Waals surface area contributed by atoms with Crippen LogP contribution in [0.15, 0.2) is 24.3 Å². The van der Waals surface area contributed by atoms with Crippen molar-refractivity contribution in [1.82, 2.24) is 9.97 Å². The van der Waals surface area contributed by atoms with E-state index in [9.17, 15) is 18.3 Å². The molecule has 1 aliphatic rings. The molecule has 0 amide bonds. The highest BCUT2D eigenvalue weighted by Gasteiger charge is 2.42. The van der Waals surface area contributed by atoms with Gasteiger partial charge in [0.25, 0.3) is 0 Å². The number of halogens is 3. The van der Waals surface area contributed by atoms with Gasteiger partial charge in [-0.1, -0.05) is 31.3 Å². The number of aliphatic hydroxyl groups excluding tert-OH is 1. The number of thiocarbonyl (C=S) groups is 1. The van der Waals surface area contributed by atoms with Crippen LogP contribution in [-0.2, 0) is 12.7 Å². The number of aryl methyl sites for hydroxylation is 1. The number of aliphatic hydroxyl groups is 1. The van der Waals surface area contributed by atoms with Gasteiger partial charge in [-0.3, -0.25) is 0 Å². The van der Waals surface area contributed by atoms with Crippen molar-refractivity contribution >= 4 is 29.0 Å². The Morgan fingerprint density at radius 3 is 2.66 bits per heavy atom. The molecule has 1 aromatic carbocycles. The van der Waals surface area contributed by atoms with E-state index < -0.39 is 11.7 Å². The molecule has 1 fully saturated rings. The lowest BCUT2D eigenvalue weighted by Gasteiger charge is -2.34. The molecule has 0 spiro atoms. The summed E-state index contributed by atoms with van der Waals surface area (Å²) in [5, 5.41) is 16.1. The summed E-state index contributed by atoms with van der Waals surface area (Å²) in [7, 11) is 0. The van der Waals surface area contributed by atoms with Crippen molar-refractivity contribution in [3.63, 3.8) is 0 Å². The van der Waals surface area contributed by atoms with Crippen LogP contribution in [0, 0.1) is 18.8 Å². The van der Waals surface area contributed by atoms with Crippen molar-refractivity contribution in [2.45, 2.75) is 51.9 Å². The van der Waals surface area contributed by atoms with E-state index in [0.717, 1.165) is 25.0 Å². The van der Waals surface area contributed by atoms with Crippen molar-refractivity contribution in [1.29, 1.82) is 0 Å². The van der Waals surface area contributed by atoms with E-state index in [-0.39, 0.29) is 41.5 Å². The molecule has 2 aromatic rings. The molecular formula is C22H28F3N5OS. The van der Waals surface area contributed by atoms with E-state index in [2.05, 4.69) is 34.4 Å². The van der Waals surface area contributed by atoms with E-state index in [0.29, 0.717) is 22.6 Å². The number of nitrogens with zero attached hydrogens (tertiary/aromatic N) is 2. The van der Waals surface area contributed by atoms with Crippen molar-refractivity contribution in [2.24, 2.45) is 17.6 Å². The molecule has 10 heteroatoms. The molecule has 0 bridgehead atoms. The number of hydrogen-bond acceptors (Lipinski definition) is 6. The van der Waals surface area contributed by atoms with Crippen LogP contribution in [0.1, 0.15) is 49.1 Å². The van der Waals surface area contributed by atoms with Gasteiger partial charge in [0, 0.05) is 18.7 Å². The second-order valence-electron chi connectivity index (χ2n) is 8.58. The number of benzene rings is 1. The third kappa shape index (κ3) is 5.12. The van der Waals surface area contributed by atoms with Crippen LogP contribution in [0.25, 0.3) is 0 Å². The Morgan fingerprint density at radius 1 is 1.34 bits per heavy atom. The molecular weight excluding hydrogens is 439 g/mol. The first-order valence-corrected chi connectivity index (χ1v) is 10.8. The molecule has 5 N–H and O–H groups in total. The van der Waals surface area contributed by atoms with Crippen molar-refractivity contribution in [3.8, 4) is 0 Å². The molecule has 0 aliphatic heterocycles. The van der Waals surface area contributed by atoms with E-state index >= 15 is 0 Å². The lowest BCUT2D eigenvalue weighted by Crippen LogP contribution is -2.40. The fourth-order valence-electron chi connectivity index (χ4n) is 4.26. The summed E-state index contributed by atoms with van der Waals surface area (Å²) in [6.45, 7) is 6.16. The van der Waals surface area contributed by atoms with Crippen LogP contribution in [0.3, 0.4) is 0 Å². The third-order valence-electron chi connectivity index (χ3n) is 6.43. The number of aromatic nitrogens is 2. The lowest BCUT2D eigenvalue weighted by molar-refractivity contribution is -0.137. The Labute approximate surface area is 190 Å². The first-order chi connectivity index (χ1) is 14.9. The Hall–Kier alpha value is -2.46. The zero-order valence-corrected chi connectivity index (χ0v) is 19.1. The second kappa shape index (κ2) is 9.19. The van der Waals surface area contributed by atoms with Crippen molar-refractivity contribution in [2.75, 3.05) is 17.2 Å². The molecule has 1 aromatic heterocycles. The quantitative estimate of drug-likeness (QED) is 0.452. The number of hydrogen-bond donors (Lipinski definition) is 4. The van der Waals surface area contributed by atoms with Crippen molar-refractivity contribution in [3.05, 3.63) is 46.6 Å². The minimum Gasteiger partial charge on any atom is -0.396 e. The second-order valence-corrected chi connectivity index (χ2v) is 9.02. The normalized spacial score (nSPS) is 23.2. The lowest BCUT2D eigenvalue weighted by atomic mass is 9.86.